The zero-order chi connectivity index (χ0) is 15.4. The van der Waals surface area contributed by atoms with Gasteiger partial charge in [0.2, 0.25) is 0 Å². The molecule has 0 bridgehead atoms. The van der Waals surface area contributed by atoms with Crippen LogP contribution in [0.2, 0.25) is 0 Å². The summed E-state index contributed by atoms with van der Waals surface area (Å²) in [7, 11) is 0. The van der Waals surface area contributed by atoms with Crippen molar-refractivity contribution in [3.8, 4) is 0 Å². The van der Waals surface area contributed by atoms with E-state index in [0.29, 0.717) is 26.2 Å². The summed E-state index contributed by atoms with van der Waals surface area (Å²) in [5.74, 6) is 0. The summed E-state index contributed by atoms with van der Waals surface area (Å²) in [6.07, 6.45) is 1.99. The van der Waals surface area contributed by atoms with Crippen molar-refractivity contribution in [3.05, 3.63) is 27.1 Å². The van der Waals surface area contributed by atoms with Gasteiger partial charge < -0.3 is 9.47 Å². The summed E-state index contributed by atoms with van der Waals surface area (Å²) in [5, 5.41) is 0.740. The molecule has 0 saturated heterocycles. The van der Waals surface area contributed by atoms with E-state index < -0.39 is 0 Å². The molecule has 0 fully saturated rings. The van der Waals surface area contributed by atoms with Gasteiger partial charge in [0, 0.05) is 31.1 Å². The molecule has 2 heterocycles. The second-order valence-electron chi connectivity index (χ2n) is 4.84. The Hall–Kier alpha value is -1.24. The lowest BCUT2D eigenvalue weighted by molar-refractivity contribution is -0.141. The molecule has 2 aromatic rings. The lowest BCUT2D eigenvalue weighted by Crippen LogP contribution is -2.25. The van der Waals surface area contributed by atoms with Crippen molar-refractivity contribution >= 4 is 21.6 Å². The number of aryl methyl sites for hydroxylation is 3. The number of hydrogen-bond donors (Lipinski definition) is 0. The molecular weight excluding hydrogens is 288 g/mol. The van der Waals surface area contributed by atoms with Crippen LogP contribution in [-0.2, 0) is 16.0 Å². The molecule has 0 amide bonds. The Morgan fingerprint density at radius 1 is 1.29 bits per heavy atom. The lowest BCUT2D eigenvalue weighted by atomic mass is 10.2. The van der Waals surface area contributed by atoms with Crippen molar-refractivity contribution in [3.63, 3.8) is 0 Å². The van der Waals surface area contributed by atoms with Crippen LogP contribution in [0.15, 0.2) is 11.1 Å². The van der Waals surface area contributed by atoms with Gasteiger partial charge in [0.15, 0.2) is 6.29 Å². The third kappa shape index (κ3) is 3.51. The van der Waals surface area contributed by atoms with Gasteiger partial charge in [0.05, 0.1) is 11.7 Å². The molecule has 6 heteroatoms. The second kappa shape index (κ2) is 7.15. The van der Waals surface area contributed by atoms with Crippen LogP contribution in [0.4, 0.5) is 0 Å². The monoisotopic (exact) mass is 310 g/mol. The molecule has 0 aliphatic heterocycles. The van der Waals surface area contributed by atoms with Gasteiger partial charge in [0.25, 0.3) is 5.56 Å². The van der Waals surface area contributed by atoms with Crippen LogP contribution >= 0.6 is 11.3 Å². The summed E-state index contributed by atoms with van der Waals surface area (Å²) in [4.78, 5) is 18.9. The molecule has 2 rings (SSSR count). The first-order valence-electron chi connectivity index (χ1n) is 7.26. The van der Waals surface area contributed by atoms with Crippen LogP contribution in [0, 0.1) is 13.8 Å². The number of nitrogens with zero attached hydrogens (tertiary/aromatic N) is 2. The highest BCUT2D eigenvalue weighted by Crippen LogP contribution is 2.25. The highest BCUT2D eigenvalue weighted by molar-refractivity contribution is 7.18. The predicted molar refractivity (Wildman–Crippen MR) is 85.0 cm³/mol. The van der Waals surface area contributed by atoms with E-state index in [0.717, 1.165) is 20.7 Å². The van der Waals surface area contributed by atoms with Gasteiger partial charge in [-0.15, -0.1) is 11.3 Å². The van der Waals surface area contributed by atoms with Crippen LogP contribution in [0.5, 0.6) is 0 Å². The van der Waals surface area contributed by atoms with E-state index in [1.807, 2.05) is 27.7 Å². The fourth-order valence-electron chi connectivity index (χ4n) is 2.26. The molecule has 21 heavy (non-hydrogen) atoms. The molecule has 2 aromatic heterocycles. The second-order valence-corrected chi connectivity index (χ2v) is 6.04. The van der Waals surface area contributed by atoms with Crippen molar-refractivity contribution in [1.29, 1.82) is 0 Å². The minimum Gasteiger partial charge on any atom is -0.353 e. The third-order valence-electron chi connectivity index (χ3n) is 3.47. The quantitative estimate of drug-likeness (QED) is 0.738. The summed E-state index contributed by atoms with van der Waals surface area (Å²) in [6.45, 7) is 9.60. The van der Waals surface area contributed by atoms with Crippen LogP contribution in [0.25, 0.3) is 10.2 Å². The number of aromatic nitrogens is 2. The zero-order valence-electron chi connectivity index (χ0n) is 13.0. The van der Waals surface area contributed by atoms with Crippen molar-refractivity contribution in [2.45, 2.75) is 47.0 Å². The molecule has 0 aromatic carbocycles. The Kier molecular flexibility index (Phi) is 5.50. The molecule has 0 radical (unpaired) electrons. The first kappa shape index (κ1) is 16.1. The fraction of sp³-hybridized carbons (Fsp3) is 0.600. The van der Waals surface area contributed by atoms with Crippen LogP contribution in [0.1, 0.15) is 30.7 Å². The summed E-state index contributed by atoms with van der Waals surface area (Å²) in [6, 6.07) is 0. The first-order chi connectivity index (χ1) is 10.1. The molecule has 5 nitrogen and oxygen atoms in total. The number of rotatable bonds is 7. The van der Waals surface area contributed by atoms with E-state index in [2.05, 4.69) is 4.98 Å². The maximum Gasteiger partial charge on any atom is 0.262 e. The van der Waals surface area contributed by atoms with Gasteiger partial charge in [-0.2, -0.15) is 0 Å². The van der Waals surface area contributed by atoms with Crippen molar-refractivity contribution in [1.82, 2.24) is 9.55 Å². The molecule has 0 aliphatic rings. The van der Waals surface area contributed by atoms with E-state index in [-0.39, 0.29) is 11.8 Å². The maximum absolute atomic E-state index is 12.5. The Bertz CT molecular complexity index is 657. The van der Waals surface area contributed by atoms with Crippen molar-refractivity contribution in [2.75, 3.05) is 13.2 Å². The number of ether oxygens (including phenoxy) is 2. The fourth-order valence-corrected chi connectivity index (χ4v) is 3.25. The SMILES string of the molecule is CCOC(CCn1cnc2sc(C)c(C)c2c1=O)OCC. The lowest BCUT2D eigenvalue weighted by Gasteiger charge is -2.17. The Morgan fingerprint density at radius 3 is 2.57 bits per heavy atom. The summed E-state index contributed by atoms with van der Waals surface area (Å²) in [5.41, 5.74) is 1.06. The standard InChI is InChI=1S/C15H22N2O3S/c1-5-19-12(20-6-2)7-8-17-9-16-14-13(15(17)18)10(3)11(4)21-14/h9,12H,5-8H2,1-4H3. The van der Waals surface area contributed by atoms with E-state index in [4.69, 9.17) is 9.47 Å². The smallest absolute Gasteiger partial charge is 0.262 e. The van der Waals surface area contributed by atoms with E-state index in [1.165, 1.54) is 0 Å². The van der Waals surface area contributed by atoms with Gasteiger partial charge in [-0.3, -0.25) is 9.36 Å². The van der Waals surface area contributed by atoms with Crippen LogP contribution in [0.3, 0.4) is 0 Å². The van der Waals surface area contributed by atoms with Gasteiger partial charge in [0.1, 0.15) is 4.83 Å². The van der Waals surface area contributed by atoms with Gasteiger partial charge >= 0.3 is 0 Å². The highest BCUT2D eigenvalue weighted by atomic mass is 32.1. The summed E-state index contributed by atoms with van der Waals surface area (Å²) < 4.78 is 12.7. The highest BCUT2D eigenvalue weighted by Gasteiger charge is 2.13. The van der Waals surface area contributed by atoms with Crippen LogP contribution < -0.4 is 5.56 Å². The average Bonchev–Trinajstić information content (AvgIpc) is 2.74. The molecule has 0 N–H and O–H groups in total. The number of fused-ring (bicyclic) bond motifs is 1. The molecule has 0 unspecified atom stereocenters. The minimum absolute atomic E-state index is 0.0218. The Morgan fingerprint density at radius 2 is 1.95 bits per heavy atom. The number of thiophene rings is 1. The average molecular weight is 310 g/mol. The molecule has 0 aliphatic carbocycles. The Labute approximate surface area is 128 Å². The van der Waals surface area contributed by atoms with E-state index in [9.17, 15) is 4.79 Å². The van der Waals surface area contributed by atoms with Gasteiger partial charge in [-0.25, -0.2) is 4.98 Å². The van der Waals surface area contributed by atoms with E-state index in [1.54, 1.807) is 22.2 Å². The molecule has 0 saturated carbocycles. The number of hydrogen-bond acceptors (Lipinski definition) is 5. The van der Waals surface area contributed by atoms with Gasteiger partial charge in [-0.1, -0.05) is 0 Å². The molecule has 0 spiro atoms. The molecular formula is C15H22N2O3S. The van der Waals surface area contributed by atoms with Crippen LogP contribution in [-0.4, -0.2) is 29.1 Å². The van der Waals surface area contributed by atoms with Crippen molar-refractivity contribution in [2.24, 2.45) is 0 Å². The van der Waals surface area contributed by atoms with Crippen molar-refractivity contribution < 1.29 is 9.47 Å². The largest absolute Gasteiger partial charge is 0.353 e. The molecule has 116 valence electrons. The normalized spacial score (nSPS) is 11.7. The Balaban J connectivity index is 2.21. The summed E-state index contributed by atoms with van der Waals surface area (Å²) >= 11 is 1.57. The van der Waals surface area contributed by atoms with Gasteiger partial charge in [-0.05, 0) is 33.3 Å². The predicted octanol–water partition coefficient (Wildman–Crippen LogP) is 2.86. The molecule has 0 atom stereocenters. The maximum atomic E-state index is 12.5. The first-order valence-corrected chi connectivity index (χ1v) is 8.08. The minimum atomic E-state index is -0.270. The topological polar surface area (TPSA) is 53.4 Å². The zero-order valence-corrected chi connectivity index (χ0v) is 13.8. The van der Waals surface area contributed by atoms with E-state index >= 15 is 0 Å². The third-order valence-corrected chi connectivity index (χ3v) is 4.58.